The molecule has 0 aliphatic heterocycles. The van der Waals surface area contributed by atoms with Crippen LogP contribution in [-0.4, -0.2) is 24.0 Å². The minimum Gasteiger partial charge on any atom is -0.368 e. The van der Waals surface area contributed by atoms with Crippen LogP contribution in [-0.2, 0) is 4.79 Å². The Morgan fingerprint density at radius 1 is 1.43 bits per heavy atom. The molecule has 1 aromatic carbocycles. The van der Waals surface area contributed by atoms with Crippen molar-refractivity contribution in [1.82, 2.24) is 4.98 Å². The van der Waals surface area contributed by atoms with Crippen molar-refractivity contribution in [3.8, 4) is 6.07 Å². The first kappa shape index (κ1) is 14.8. The molecule has 21 heavy (non-hydrogen) atoms. The van der Waals surface area contributed by atoms with E-state index in [9.17, 15) is 10.1 Å². The standard InChI is InChI=1S/C16H18N4O/c1-2-3-8-20(11-15(18)21)16-12(9-17)10-19-14-7-5-4-6-13(14)16/h4-7,10H,2-3,8,11H2,1H3,(H2,18,21). The number of nitriles is 1. The van der Waals surface area contributed by atoms with E-state index in [1.165, 1.54) is 0 Å². The minimum atomic E-state index is -0.407. The molecule has 0 aliphatic carbocycles. The number of anilines is 1. The fourth-order valence-electron chi connectivity index (χ4n) is 2.36. The van der Waals surface area contributed by atoms with E-state index >= 15 is 0 Å². The molecule has 0 spiro atoms. The summed E-state index contributed by atoms with van der Waals surface area (Å²) < 4.78 is 0. The van der Waals surface area contributed by atoms with Crippen molar-refractivity contribution in [3.63, 3.8) is 0 Å². The molecule has 0 bridgehead atoms. The molecule has 0 atom stereocenters. The second-order valence-corrected chi connectivity index (χ2v) is 4.89. The van der Waals surface area contributed by atoms with E-state index in [0.717, 1.165) is 29.4 Å². The molecule has 0 unspecified atom stereocenters. The van der Waals surface area contributed by atoms with Gasteiger partial charge < -0.3 is 10.6 Å². The summed E-state index contributed by atoms with van der Waals surface area (Å²) in [5.41, 5.74) is 7.37. The summed E-state index contributed by atoms with van der Waals surface area (Å²) >= 11 is 0. The summed E-state index contributed by atoms with van der Waals surface area (Å²) in [6.07, 6.45) is 3.48. The maximum absolute atomic E-state index is 11.4. The lowest BCUT2D eigenvalue weighted by Gasteiger charge is -2.25. The minimum absolute atomic E-state index is 0.0999. The number of hydrogen-bond acceptors (Lipinski definition) is 4. The Balaban J connectivity index is 2.58. The van der Waals surface area contributed by atoms with Crippen molar-refractivity contribution >= 4 is 22.5 Å². The van der Waals surface area contributed by atoms with Gasteiger partial charge in [-0.1, -0.05) is 31.5 Å². The molecule has 1 amide bonds. The number of nitrogens with two attached hydrogens (primary N) is 1. The number of carbonyl (C=O) groups is 1. The van der Waals surface area contributed by atoms with Crippen molar-refractivity contribution in [2.24, 2.45) is 5.73 Å². The molecule has 5 heteroatoms. The van der Waals surface area contributed by atoms with E-state index in [1.807, 2.05) is 29.2 Å². The van der Waals surface area contributed by atoms with Crippen LogP contribution in [0.1, 0.15) is 25.3 Å². The number of hydrogen-bond donors (Lipinski definition) is 1. The second-order valence-electron chi connectivity index (χ2n) is 4.89. The third kappa shape index (κ3) is 3.29. The molecule has 1 heterocycles. The first-order valence-electron chi connectivity index (χ1n) is 6.98. The van der Waals surface area contributed by atoms with Gasteiger partial charge in [-0.15, -0.1) is 0 Å². The molecular weight excluding hydrogens is 264 g/mol. The van der Waals surface area contributed by atoms with Crippen LogP contribution in [0.5, 0.6) is 0 Å². The second kappa shape index (κ2) is 6.71. The number of primary amides is 1. The Labute approximate surface area is 124 Å². The third-order valence-corrected chi connectivity index (χ3v) is 3.31. The molecule has 108 valence electrons. The van der Waals surface area contributed by atoms with Gasteiger partial charge in [-0.3, -0.25) is 9.78 Å². The van der Waals surface area contributed by atoms with Gasteiger partial charge in [-0.05, 0) is 12.5 Å². The number of rotatable bonds is 6. The molecule has 0 saturated carbocycles. The highest BCUT2D eigenvalue weighted by atomic mass is 16.1. The van der Waals surface area contributed by atoms with Crippen molar-refractivity contribution in [2.75, 3.05) is 18.0 Å². The Morgan fingerprint density at radius 2 is 2.19 bits per heavy atom. The molecule has 5 nitrogen and oxygen atoms in total. The van der Waals surface area contributed by atoms with E-state index < -0.39 is 5.91 Å². The maximum Gasteiger partial charge on any atom is 0.236 e. The van der Waals surface area contributed by atoms with Crippen LogP contribution >= 0.6 is 0 Å². The smallest absolute Gasteiger partial charge is 0.236 e. The lowest BCUT2D eigenvalue weighted by atomic mass is 10.1. The van der Waals surface area contributed by atoms with Crippen LogP contribution in [0.3, 0.4) is 0 Å². The lowest BCUT2D eigenvalue weighted by molar-refractivity contribution is -0.116. The van der Waals surface area contributed by atoms with Gasteiger partial charge in [-0.25, -0.2) is 0 Å². The SMILES string of the molecule is CCCCN(CC(N)=O)c1c(C#N)cnc2ccccc12. The molecule has 0 aliphatic rings. The Kier molecular flexibility index (Phi) is 4.72. The molecule has 2 rings (SSSR count). The fourth-order valence-corrected chi connectivity index (χ4v) is 2.36. The summed E-state index contributed by atoms with van der Waals surface area (Å²) in [7, 11) is 0. The predicted molar refractivity (Wildman–Crippen MR) is 82.8 cm³/mol. The summed E-state index contributed by atoms with van der Waals surface area (Å²) in [5.74, 6) is -0.407. The van der Waals surface area contributed by atoms with Gasteiger partial charge in [0, 0.05) is 18.1 Å². The zero-order chi connectivity index (χ0) is 15.2. The van der Waals surface area contributed by atoms with Crippen LogP contribution in [0.25, 0.3) is 10.9 Å². The first-order valence-corrected chi connectivity index (χ1v) is 6.98. The van der Waals surface area contributed by atoms with Gasteiger partial charge in [0.2, 0.25) is 5.91 Å². The Hall–Kier alpha value is -2.61. The molecule has 0 radical (unpaired) electrons. The quantitative estimate of drug-likeness (QED) is 0.880. The molecular formula is C16H18N4O. The highest BCUT2D eigenvalue weighted by Gasteiger charge is 2.17. The third-order valence-electron chi connectivity index (χ3n) is 3.31. The lowest BCUT2D eigenvalue weighted by Crippen LogP contribution is -2.35. The summed E-state index contributed by atoms with van der Waals surface area (Å²) in [5, 5.41) is 10.2. The van der Waals surface area contributed by atoms with E-state index in [0.29, 0.717) is 12.1 Å². The van der Waals surface area contributed by atoms with E-state index in [-0.39, 0.29) is 6.54 Å². The summed E-state index contributed by atoms with van der Waals surface area (Å²) in [4.78, 5) is 17.5. The average Bonchev–Trinajstić information content (AvgIpc) is 2.50. The highest BCUT2D eigenvalue weighted by Crippen LogP contribution is 2.29. The normalized spacial score (nSPS) is 10.3. The summed E-state index contributed by atoms with van der Waals surface area (Å²) in [6.45, 7) is 2.86. The van der Waals surface area contributed by atoms with Crippen LogP contribution < -0.4 is 10.6 Å². The number of para-hydroxylation sites is 1. The van der Waals surface area contributed by atoms with E-state index in [2.05, 4.69) is 18.0 Å². The molecule has 2 N–H and O–H groups in total. The highest BCUT2D eigenvalue weighted by molar-refractivity contribution is 5.96. The largest absolute Gasteiger partial charge is 0.368 e. The average molecular weight is 282 g/mol. The number of fused-ring (bicyclic) bond motifs is 1. The molecule has 1 aromatic heterocycles. The zero-order valence-electron chi connectivity index (χ0n) is 12.0. The monoisotopic (exact) mass is 282 g/mol. The van der Waals surface area contributed by atoms with Crippen molar-refractivity contribution < 1.29 is 4.79 Å². The number of aromatic nitrogens is 1. The maximum atomic E-state index is 11.4. The van der Waals surface area contributed by atoms with Crippen LogP contribution in [0.4, 0.5) is 5.69 Å². The van der Waals surface area contributed by atoms with E-state index in [1.54, 1.807) is 6.20 Å². The fraction of sp³-hybridized carbons (Fsp3) is 0.312. The number of unbranched alkanes of at least 4 members (excludes halogenated alkanes) is 1. The van der Waals surface area contributed by atoms with Crippen LogP contribution in [0.2, 0.25) is 0 Å². The first-order chi connectivity index (χ1) is 10.2. The van der Waals surface area contributed by atoms with Crippen molar-refractivity contribution in [3.05, 3.63) is 36.0 Å². The van der Waals surface area contributed by atoms with Crippen molar-refractivity contribution in [1.29, 1.82) is 5.26 Å². The van der Waals surface area contributed by atoms with Crippen LogP contribution in [0.15, 0.2) is 30.5 Å². The van der Waals surface area contributed by atoms with Gasteiger partial charge in [0.25, 0.3) is 0 Å². The topological polar surface area (TPSA) is 83.0 Å². The number of pyridine rings is 1. The molecule has 0 saturated heterocycles. The number of carbonyl (C=O) groups excluding carboxylic acids is 1. The van der Waals surface area contributed by atoms with E-state index in [4.69, 9.17) is 5.73 Å². The van der Waals surface area contributed by atoms with Crippen molar-refractivity contribution in [2.45, 2.75) is 19.8 Å². The van der Waals surface area contributed by atoms with Gasteiger partial charge in [0.1, 0.15) is 6.07 Å². The van der Waals surface area contributed by atoms with Gasteiger partial charge in [0.05, 0.1) is 23.3 Å². The van der Waals surface area contributed by atoms with Crippen LogP contribution in [0, 0.1) is 11.3 Å². The number of nitrogens with zero attached hydrogens (tertiary/aromatic N) is 3. The zero-order valence-corrected chi connectivity index (χ0v) is 12.0. The summed E-state index contributed by atoms with van der Waals surface area (Å²) in [6, 6.07) is 9.77. The number of benzene rings is 1. The van der Waals surface area contributed by atoms with Gasteiger partial charge >= 0.3 is 0 Å². The molecule has 2 aromatic rings. The predicted octanol–water partition coefficient (Wildman–Crippen LogP) is 2.20. The molecule has 0 fully saturated rings. The van der Waals surface area contributed by atoms with Gasteiger partial charge in [0.15, 0.2) is 0 Å². The number of amides is 1. The van der Waals surface area contributed by atoms with Gasteiger partial charge in [-0.2, -0.15) is 5.26 Å². The Morgan fingerprint density at radius 3 is 2.86 bits per heavy atom. The Bertz CT molecular complexity index is 690.